The van der Waals surface area contributed by atoms with Crippen molar-refractivity contribution in [1.82, 2.24) is 69.8 Å². The van der Waals surface area contributed by atoms with Gasteiger partial charge in [-0.3, -0.25) is 0 Å². The van der Waals surface area contributed by atoms with Crippen molar-refractivity contribution < 1.29 is 8.83 Å². The Labute approximate surface area is 709 Å². The Kier molecular flexibility index (Phi) is 17.8. The van der Waals surface area contributed by atoms with Crippen LogP contribution in [-0.4, -0.2) is 69.8 Å². The van der Waals surface area contributed by atoms with E-state index in [2.05, 4.69) is 115 Å². The molecule has 124 heavy (non-hydrogen) atoms. The first kappa shape index (κ1) is 72.0. The van der Waals surface area contributed by atoms with E-state index in [0.717, 1.165) is 155 Å². The van der Waals surface area contributed by atoms with Crippen molar-refractivity contribution >= 4 is 65.7 Å². The number of benzene rings is 15. The third-order valence-corrected chi connectivity index (χ3v) is 22.5. The van der Waals surface area contributed by atoms with Crippen molar-refractivity contribution in [2.75, 3.05) is 0 Å². The summed E-state index contributed by atoms with van der Waals surface area (Å²) in [5.74, 6) is 4.96. The average Bonchev–Trinajstić information content (AvgIpc) is 1.49. The van der Waals surface area contributed by atoms with Crippen LogP contribution < -0.4 is 0 Å². The fourth-order valence-corrected chi connectivity index (χ4v) is 16.3. The van der Waals surface area contributed by atoms with Gasteiger partial charge in [0.25, 0.3) is 0 Å². The lowest BCUT2D eigenvalue weighted by molar-refractivity contribution is 0.669. The van der Waals surface area contributed by atoms with Crippen molar-refractivity contribution in [1.29, 1.82) is 0 Å². The summed E-state index contributed by atoms with van der Waals surface area (Å²) in [6, 6.07) is 130. The number of para-hydroxylation sites is 4. The molecule has 0 aliphatic rings. The number of rotatable bonds is 16. The highest BCUT2D eigenvalue weighted by Crippen LogP contribution is 2.43. The van der Waals surface area contributed by atoms with Crippen molar-refractivity contribution in [3.8, 4) is 181 Å². The van der Waals surface area contributed by atoms with E-state index in [-0.39, 0.29) is 0 Å². The largest absolute Gasteiger partial charge is 0.455 e. The SMILES string of the molecule is c1ccc(-c2nc(-c3ccc(-c4cccc5c4oc4ccccc45)cc3)cc(-c3nc(-c4ccccc4)nc(-c4ccc(-c5nc(-c6ccccc6)nc6cc(-c7ccc8oc9c(-c%10cc(-c%11nc(-c%12ccccc%12)nc(-c%12ccc(-c%13nc(-c%14ccccc%14)nc%14ccccc%13%14)cc%12)n%11)nc(-c%11ccccc%11)n%10)cccc9c8c7)ccc56)cc4)n3)n2)cc1. The van der Waals surface area contributed by atoms with Gasteiger partial charge in [0, 0.05) is 105 Å². The van der Waals surface area contributed by atoms with E-state index in [1.165, 1.54) is 0 Å². The van der Waals surface area contributed by atoms with Crippen molar-refractivity contribution in [2.24, 2.45) is 0 Å². The number of fused-ring (bicyclic) bond motifs is 8. The summed E-state index contributed by atoms with van der Waals surface area (Å²) in [7, 11) is 0. The van der Waals surface area contributed by atoms with Gasteiger partial charge in [-0.2, -0.15) is 0 Å². The predicted octanol–water partition coefficient (Wildman–Crippen LogP) is 26.0. The minimum absolute atomic E-state index is 0.372. The molecule has 0 atom stereocenters. The molecule has 578 valence electrons. The quantitative estimate of drug-likeness (QED) is 0.0881. The zero-order valence-electron chi connectivity index (χ0n) is 66.0. The van der Waals surface area contributed by atoms with Gasteiger partial charge in [-0.15, -0.1) is 0 Å². The third kappa shape index (κ3) is 13.5. The summed E-state index contributed by atoms with van der Waals surface area (Å²) in [6.07, 6.45) is 0. The Bertz CT molecular complexity index is 8070. The Hall–Kier alpha value is -17.2. The van der Waals surface area contributed by atoms with Crippen LogP contribution in [0.4, 0.5) is 0 Å². The maximum atomic E-state index is 6.98. The zero-order valence-corrected chi connectivity index (χ0v) is 66.0. The highest BCUT2D eigenvalue weighted by Gasteiger charge is 2.25. The molecule has 16 nitrogen and oxygen atoms in total. The van der Waals surface area contributed by atoms with E-state index in [1.54, 1.807) is 0 Å². The van der Waals surface area contributed by atoms with E-state index in [0.29, 0.717) is 92.2 Å². The van der Waals surface area contributed by atoms with Crippen LogP contribution >= 0.6 is 0 Å². The van der Waals surface area contributed by atoms with Crippen LogP contribution in [0.15, 0.2) is 397 Å². The van der Waals surface area contributed by atoms with Crippen LogP contribution in [-0.2, 0) is 0 Å². The molecule has 0 saturated carbocycles. The molecule has 0 spiro atoms. The first-order valence-corrected chi connectivity index (χ1v) is 40.8. The molecule has 23 rings (SSSR count). The van der Waals surface area contributed by atoms with Gasteiger partial charge in [0.1, 0.15) is 33.7 Å². The molecule has 0 saturated heterocycles. The summed E-state index contributed by atoms with van der Waals surface area (Å²) >= 11 is 0. The molecule has 0 aliphatic heterocycles. The molecule has 16 heteroatoms. The Morgan fingerprint density at radius 3 is 0.984 bits per heavy atom. The molecule has 0 unspecified atom stereocenters. The number of hydrogen-bond donors (Lipinski definition) is 0. The lowest BCUT2D eigenvalue weighted by Gasteiger charge is -2.13. The highest BCUT2D eigenvalue weighted by atomic mass is 16.3. The van der Waals surface area contributed by atoms with Gasteiger partial charge >= 0.3 is 0 Å². The second-order valence-electron chi connectivity index (χ2n) is 30.3. The van der Waals surface area contributed by atoms with Crippen LogP contribution in [0.1, 0.15) is 0 Å². The molecule has 0 amide bonds. The number of nitrogens with zero attached hydrogens (tertiary/aromatic N) is 14. The average molecular weight is 1590 g/mol. The lowest BCUT2D eigenvalue weighted by Crippen LogP contribution is -2.03. The summed E-state index contributed by atoms with van der Waals surface area (Å²) < 4.78 is 13.4. The van der Waals surface area contributed by atoms with Gasteiger partial charge < -0.3 is 8.83 Å². The number of hydrogen-bond acceptors (Lipinski definition) is 16. The first-order chi connectivity index (χ1) is 61.4. The van der Waals surface area contributed by atoms with E-state index in [9.17, 15) is 0 Å². The topological polar surface area (TPSA) is 207 Å². The smallest absolute Gasteiger partial charge is 0.182 e. The number of aromatic nitrogens is 14. The van der Waals surface area contributed by atoms with Gasteiger partial charge in [-0.05, 0) is 71.3 Å². The molecular weight excluding hydrogens is 1530 g/mol. The van der Waals surface area contributed by atoms with Crippen LogP contribution in [0.5, 0.6) is 0 Å². The minimum Gasteiger partial charge on any atom is -0.455 e. The summed E-state index contributed by atoms with van der Waals surface area (Å²) in [5, 5.41) is 5.83. The van der Waals surface area contributed by atoms with E-state index in [1.807, 2.05) is 273 Å². The van der Waals surface area contributed by atoms with E-state index >= 15 is 0 Å². The molecule has 0 bridgehead atoms. The van der Waals surface area contributed by atoms with Crippen molar-refractivity contribution in [2.45, 2.75) is 0 Å². The lowest BCUT2D eigenvalue weighted by atomic mass is 9.98. The first-order valence-electron chi connectivity index (χ1n) is 40.8. The van der Waals surface area contributed by atoms with Gasteiger partial charge in [-0.25, -0.2) is 69.8 Å². The molecule has 8 aromatic heterocycles. The van der Waals surface area contributed by atoms with Crippen LogP contribution in [0.25, 0.3) is 247 Å². The molecule has 15 aromatic carbocycles. The molecule has 0 aliphatic carbocycles. The van der Waals surface area contributed by atoms with Gasteiger partial charge in [0.05, 0.1) is 33.8 Å². The van der Waals surface area contributed by atoms with Crippen molar-refractivity contribution in [3.05, 3.63) is 388 Å². The highest BCUT2D eigenvalue weighted by molar-refractivity contribution is 6.12. The van der Waals surface area contributed by atoms with Crippen molar-refractivity contribution in [3.63, 3.8) is 0 Å². The van der Waals surface area contributed by atoms with Crippen LogP contribution in [0.2, 0.25) is 0 Å². The summed E-state index contributed by atoms with van der Waals surface area (Å²) in [4.78, 5) is 73.0. The third-order valence-electron chi connectivity index (χ3n) is 22.5. The fourth-order valence-electron chi connectivity index (χ4n) is 16.3. The van der Waals surface area contributed by atoms with Gasteiger partial charge in [-0.1, -0.05) is 334 Å². The molecule has 8 heterocycles. The molecule has 0 N–H and O–H groups in total. The van der Waals surface area contributed by atoms with Gasteiger partial charge in [0.2, 0.25) is 0 Å². The second kappa shape index (κ2) is 30.6. The van der Waals surface area contributed by atoms with Crippen LogP contribution in [0, 0.1) is 0 Å². The summed E-state index contributed by atoms with van der Waals surface area (Å²) in [6.45, 7) is 0. The molecule has 0 fully saturated rings. The monoisotopic (exact) mass is 1590 g/mol. The summed E-state index contributed by atoms with van der Waals surface area (Å²) in [5.41, 5.74) is 22.8. The Morgan fingerprint density at radius 2 is 0.468 bits per heavy atom. The van der Waals surface area contributed by atoms with E-state index < -0.39 is 0 Å². The standard InChI is InChI=1S/C108H64N14O2/c1-7-25-69(26-8-1)99-110-88(66-47-45-65(46-48-66)79-39-23-40-81-80-37-20-22-44-93(80)123-97(79)81)63-91(113-99)107-119-103(73-33-15-5-16-34-73)117-105(121-107)76-55-51-68(52-56-76)96-84-59-57-78(62-89(84)111-102(116-96)72-31-13-4-14-32-72)77-58-60-94-86(61-77)82-41-24-42-85(98(82)124-94)90-64-92(114-100(112-90)70-27-9-2-10-28-70)108-120-104(74-35-17-6-18-36-74)118-106(122-108)75-53-49-67(50-54-75)95-83-38-19-21-43-87(83)109-101(115-95)71-29-11-3-12-30-71/h1-64H. The van der Waals surface area contributed by atoms with E-state index in [4.69, 9.17) is 78.6 Å². The van der Waals surface area contributed by atoms with Gasteiger partial charge in [0.15, 0.2) is 58.2 Å². The molecular formula is C108H64N14O2. The maximum absolute atomic E-state index is 6.98. The predicted molar refractivity (Wildman–Crippen MR) is 492 cm³/mol. The molecule has 23 aromatic rings. The second-order valence-corrected chi connectivity index (χ2v) is 30.3. The minimum atomic E-state index is 0.372. The van der Waals surface area contributed by atoms with Crippen LogP contribution in [0.3, 0.4) is 0 Å². The fraction of sp³-hybridized carbons (Fsp3) is 0. The zero-order chi connectivity index (χ0) is 82.0. The maximum Gasteiger partial charge on any atom is 0.182 e. The number of furan rings is 2. The molecule has 0 radical (unpaired) electrons. The Morgan fingerprint density at radius 1 is 0.145 bits per heavy atom. The normalized spacial score (nSPS) is 11.5. The Balaban J connectivity index is 0.586.